The van der Waals surface area contributed by atoms with Crippen molar-refractivity contribution in [2.45, 2.75) is 6.23 Å². The number of amides is 1. The molecule has 80 valence electrons. The molecule has 0 aliphatic carbocycles. The van der Waals surface area contributed by atoms with Gasteiger partial charge in [0.25, 0.3) is 5.91 Å². The second-order valence-corrected chi connectivity index (χ2v) is 3.56. The number of hydrogen-bond acceptors (Lipinski definition) is 3. The third-order valence-electron chi connectivity index (χ3n) is 2.39. The zero-order chi connectivity index (χ0) is 10.7. The highest BCUT2D eigenvalue weighted by atomic mass is 16.5. The Kier molecular flexibility index (Phi) is 2.99. The van der Waals surface area contributed by atoms with Gasteiger partial charge in [0.15, 0.2) is 6.23 Å². The molecular weight excluding hydrogens is 192 g/mol. The van der Waals surface area contributed by atoms with Crippen molar-refractivity contribution in [2.75, 3.05) is 25.5 Å². The fourth-order valence-electron chi connectivity index (χ4n) is 1.55. The Labute approximate surface area is 88.8 Å². The molecule has 1 aromatic carbocycles. The predicted octanol–water partition coefficient (Wildman–Crippen LogP) is 0.913. The highest BCUT2D eigenvalue weighted by Crippen LogP contribution is 2.11. The van der Waals surface area contributed by atoms with E-state index in [0.717, 1.165) is 12.2 Å². The molecule has 1 fully saturated rings. The van der Waals surface area contributed by atoms with Crippen molar-refractivity contribution >= 4 is 11.6 Å². The first-order valence-corrected chi connectivity index (χ1v) is 4.95. The van der Waals surface area contributed by atoms with Gasteiger partial charge in [-0.15, -0.1) is 0 Å². The summed E-state index contributed by atoms with van der Waals surface area (Å²) in [7, 11) is 1.88. The van der Waals surface area contributed by atoms with Crippen molar-refractivity contribution in [2.24, 2.45) is 0 Å². The maximum Gasteiger partial charge on any atom is 0.268 e. The summed E-state index contributed by atoms with van der Waals surface area (Å²) >= 11 is 0. The van der Waals surface area contributed by atoms with E-state index in [9.17, 15) is 4.79 Å². The summed E-state index contributed by atoms with van der Waals surface area (Å²) in [5.74, 6) is -0.110. The zero-order valence-electron chi connectivity index (χ0n) is 8.64. The molecule has 0 radical (unpaired) electrons. The first kappa shape index (κ1) is 10.1. The monoisotopic (exact) mass is 206 g/mol. The smallest absolute Gasteiger partial charge is 0.268 e. The maximum absolute atomic E-state index is 11.7. The van der Waals surface area contributed by atoms with E-state index in [1.54, 1.807) is 0 Å². The molecule has 1 aliphatic heterocycles. The average Bonchev–Trinajstić information content (AvgIpc) is 2.66. The van der Waals surface area contributed by atoms with E-state index in [1.165, 1.54) is 0 Å². The normalized spacial score (nSPS) is 21.5. The maximum atomic E-state index is 11.7. The van der Waals surface area contributed by atoms with Gasteiger partial charge in [0, 0.05) is 12.2 Å². The van der Waals surface area contributed by atoms with Crippen LogP contribution >= 0.6 is 0 Å². The lowest BCUT2D eigenvalue weighted by Crippen LogP contribution is -2.38. The van der Waals surface area contributed by atoms with E-state index in [0.29, 0.717) is 6.61 Å². The molecule has 0 spiro atoms. The number of para-hydroxylation sites is 1. The van der Waals surface area contributed by atoms with Crippen molar-refractivity contribution in [3.63, 3.8) is 0 Å². The summed E-state index contributed by atoms with van der Waals surface area (Å²) in [5, 5.41) is 2.81. The average molecular weight is 206 g/mol. The first-order chi connectivity index (χ1) is 7.27. The van der Waals surface area contributed by atoms with Gasteiger partial charge in [-0.25, -0.2) is 0 Å². The third kappa shape index (κ3) is 2.34. The molecule has 0 aromatic heterocycles. The number of likely N-dealkylation sites (N-methyl/N-ethyl adjacent to an activating group) is 1. The standard InChI is InChI=1S/C11H14N2O2/c1-13-7-8-15-11(13)10(14)12-9-5-3-2-4-6-9/h2-6,11H,7-8H2,1H3,(H,12,14). The Hall–Kier alpha value is -1.39. The molecule has 2 rings (SSSR count). The molecule has 1 N–H and O–H groups in total. The number of benzene rings is 1. The Morgan fingerprint density at radius 1 is 1.47 bits per heavy atom. The van der Waals surface area contributed by atoms with Gasteiger partial charge in [-0.1, -0.05) is 18.2 Å². The van der Waals surface area contributed by atoms with Crippen molar-refractivity contribution in [1.29, 1.82) is 0 Å². The summed E-state index contributed by atoms with van der Waals surface area (Å²) in [4.78, 5) is 13.6. The lowest BCUT2D eigenvalue weighted by molar-refractivity contribution is -0.130. The van der Waals surface area contributed by atoms with Crippen LogP contribution in [-0.2, 0) is 9.53 Å². The fourth-order valence-corrected chi connectivity index (χ4v) is 1.55. The van der Waals surface area contributed by atoms with Crippen LogP contribution in [0.5, 0.6) is 0 Å². The highest BCUT2D eigenvalue weighted by molar-refractivity contribution is 5.93. The van der Waals surface area contributed by atoms with Gasteiger partial charge >= 0.3 is 0 Å². The number of carbonyl (C=O) groups is 1. The largest absolute Gasteiger partial charge is 0.352 e. The molecule has 1 aliphatic rings. The number of anilines is 1. The van der Waals surface area contributed by atoms with E-state index in [-0.39, 0.29) is 5.91 Å². The van der Waals surface area contributed by atoms with Crippen molar-refractivity contribution in [3.8, 4) is 0 Å². The van der Waals surface area contributed by atoms with Gasteiger partial charge in [-0.2, -0.15) is 0 Å². The Balaban J connectivity index is 1.98. The molecule has 1 amide bonds. The van der Waals surface area contributed by atoms with Crippen LogP contribution in [0.4, 0.5) is 5.69 Å². The van der Waals surface area contributed by atoms with Gasteiger partial charge in [-0.05, 0) is 19.2 Å². The van der Waals surface area contributed by atoms with Crippen molar-refractivity contribution < 1.29 is 9.53 Å². The van der Waals surface area contributed by atoms with Gasteiger partial charge < -0.3 is 10.1 Å². The van der Waals surface area contributed by atoms with Gasteiger partial charge in [0.05, 0.1) is 6.61 Å². The molecule has 4 heteroatoms. The molecular formula is C11H14N2O2. The van der Waals surface area contributed by atoms with Crippen LogP contribution in [0.1, 0.15) is 0 Å². The van der Waals surface area contributed by atoms with Gasteiger partial charge in [-0.3, -0.25) is 9.69 Å². The summed E-state index contributed by atoms with van der Waals surface area (Å²) in [6, 6.07) is 9.39. The molecule has 0 saturated carbocycles. The SMILES string of the molecule is CN1CCOC1C(=O)Nc1ccccc1. The molecule has 1 unspecified atom stereocenters. The molecule has 1 aromatic rings. The number of hydrogen-bond donors (Lipinski definition) is 1. The van der Waals surface area contributed by atoms with Crippen LogP contribution in [0.3, 0.4) is 0 Å². The van der Waals surface area contributed by atoms with E-state index < -0.39 is 6.23 Å². The van der Waals surface area contributed by atoms with E-state index in [2.05, 4.69) is 5.32 Å². The minimum atomic E-state index is -0.454. The number of rotatable bonds is 2. The summed E-state index contributed by atoms with van der Waals surface area (Å²) in [6.45, 7) is 1.41. The van der Waals surface area contributed by atoms with Crippen LogP contribution in [0.2, 0.25) is 0 Å². The summed E-state index contributed by atoms with van der Waals surface area (Å²) in [6.07, 6.45) is -0.454. The predicted molar refractivity (Wildman–Crippen MR) is 57.4 cm³/mol. The number of nitrogens with zero attached hydrogens (tertiary/aromatic N) is 1. The minimum Gasteiger partial charge on any atom is -0.352 e. The topological polar surface area (TPSA) is 41.6 Å². The Bertz CT molecular complexity index is 340. The third-order valence-corrected chi connectivity index (χ3v) is 2.39. The first-order valence-electron chi connectivity index (χ1n) is 4.95. The lowest BCUT2D eigenvalue weighted by atomic mass is 10.3. The lowest BCUT2D eigenvalue weighted by Gasteiger charge is -2.17. The van der Waals surface area contributed by atoms with Gasteiger partial charge in [0.2, 0.25) is 0 Å². The van der Waals surface area contributed by atoms with E-state index in [4.69, 9.17) is 4.74 Å². The second-order valence-electron chi connectivity index (χ2n) is 3.56. The van der Waals surface area contributed by atoms with E-state index in [1.807, 2.05) is 42.3 Å². The molecule has 1 saturated heterocycles. The molecule has 1 atom stereocenters. The van der Waals surface area contributed by atoms with E-state index >= 15 is 0 Å². The molecule has 1 heterocycles. The number of nitrogens with one attached hydrogen (secondary N) is 1. The zero-order valence-corrected chi connectivity index (χ0v) is 8.64. The van der Waals surface area contributed by atoms with Crippen molar-refractivity contribution in [3.05, 3.63) is 30.3 Å². The van der Waals surface area contributed by atoms with Crippen LogP contribution in [-0.4, -0.2) is 37.2 Å². The second kappa shape index (κ2) is 4.42. The summed E-state index contributed by atoms with van der Waals surface area (Å²) < 4.78 is 5.31. The summed E-state index contributed by atoms with van der Waals surface area (Å²) in [5.41, 5.74) is 0.798. The Morgan fingerprint density at radius 3 is 2.80 bits per heavy atom. The fraction of sp³-hybridized carbons (Fsp3) is 0.364. The molecule has 0 bridgehead atoms. The minimum absolute atomic E-state index is 0.110. The highest BCUT2D eigenvalue weighted by Gasteiger charge is 2.28. The van der Waals surface area contributed by atoms with Gasteiger partial charge in [0.1, 0.15) is 0 Å². The molecule has 15 heavy (non-hydrogen) atoms. The molecule has 4 nitrogen and oxygen atoms in total. The number of carbonyl (C=O) groups excluding carboxylic acids is 1. The number of ether oxygens (including phenoxy) is 1. The quantitative estimate of drug-likeness (QED) is 0.782. The van der Waals surface area contributed by atoms with Crippen LogP contribution in [0.25, 0.3) is 0 Å². The van der Waals surface area contributed by atoms with Crippen LogP contribution in [0, 0.1) is 0 Å². The van der Waals surface area contributed by atoms with Crippen LogP contribution < -0.4 is 5.32 Å². The van der Waals surface area contributed by atoms with Crippen LogP contribution in [0.15, 0.2) is 30.3 Å². The van der Waals surface area contributed by atoms with Crippen molar-refractivity contribution in [1.82, 2.24) is 4.90 Å². The Morgan fingerprint density at radius 2 is 2.20 bits per heavy atom.